The first-order valence-electron chi connectivity index (χ1n) is 6.37. The average Bonchev–Trinajstić information content (AvgIpc) is 3.22. The zero-order valence-electron chi connectivity index (χ0n) is 11.4. The van der Waals surface area contributed by atoms with E-state index in [9.17, 15) is 0 Å². The van der Waals surface area contributed by atoms with E-state index in [0.717, 1.165) is 16.3 Å². The van der Waals surface area contributed by atoms with Crippen LogP contribution in [-0.4, -0.2) is 26.9 Å². The van der Waals surface area contributed by atoms with Crippen molar-refractivity contribution in [2.75, 3.05) is 7.11 Å². The average molecular weight is 377 g/mol. The fourth-order valence-corrected chi connectivity index (χ4v) is 3.17. The van der Waals surface area contributed by atoms with Crippen molar-refractivity contribution in [2.45, 2.75) is 0 Å². The van der Waals surface area contributed by atoms with Crippen LogP contribution in [-0.2, 0) is 0 Å². The maximum absolute atomic E-state index is 5.53. The lowest BCUT2D eigenvalue weighted by Gasteiger charge is -2.00. The fourth-order valence-electron chi connectivity index (χ4n) is 2.07. The Morgan fingerprint density at radius 1 is 1.14 bits per heavy atom. The van der Waals surface area contributed by atoms with E-state index in [1.807, 2.05) is 36.4 Å². The van der Waals surface area contributed by atoms with Gasteiger partial charge in [0.2, 0.25) is 4.96 Å². The van der Waals surface area contributed by atoms with Gasteiger partial charge in [0.15, 0.2) is 21.3 Å². The first-order chi connectivity index (χ1) is 10.7. The molecule has 1 aromatic carbocycles. The van der Waals surface area contributed by atoms with E-state index in [1.54, 1.807) is 11.6 Å². The maximum Gasteiger partial charge on any atom is 0.235 e. The molecule has 0 radical (unpaired) electrons. The largest absolute Gasteiger partial charge is 0.497 e. The Morgan fingerprint density at radius 2 is 1.95 bits per heavy atom. The van der Waals surface area contributed by atoms with Gasteiger partial charge in [0, 0.05) is 5.56 Å². The van der Waals surface area contributed by atoms with Gasteiger partial charge in [-0.2, -0.15) is 4.52 Å². The molecule has 0 saturated heterocycles. The zero-order valence-corrected chi connectivity index (χ0v) is 13.8. The Morgan fingerprint density at radius 3 is 2.64 bits per heavy atom. The molecule has 6 nitrogen and oxygen atoms in total. The summed E-state index contributed by atoms with van der Waals surface area (Å²) in [6.07, 6.45) is 0. The molecule has 8 heteroatoms. The first kappa shape index (κ1) is 13.5. The third-order valence-electron chi connectivity index (χ3n) is 3.12. The normalized spacial score (nSPS) is 11.2. The van der Waals surface area contributed by atoms with Crippen molar-refractivity contribution in [1.82, 2.24) is 19.8 Å². The Kier molecular flexibility index (Phi) is 3.20. The van der Waals surface area contributed by atoms with E-state index in [4.69, 9.17) is 9.15 Å². The van der Waals surface area contributed by atoms with Gasteiger partial charge in [-0.1, -0.05) is 11.3 Å². The fraction of sp³-hybridized carbons (Fsp3) is 0.0714. The van der Waals surface area contributed by atoms with Gasteiger partial charge >= 0.3 is 0 Å². The highest BCUT2D eigenvalue weighted by molar-refractivity contribution is 9.10. The number of methoxy groups -OCH3 is 1. The number of fused-ring (bicyclic) bond motifs is 1. The van der Waals surface area contributed by atoms with Crippen molar-refractivity contribution in [3.63, 3.8) is 0 Å². The third kappa shape index (κ3) is 2.20. The molecule has 3 heterocycles. The minimum Gasteiger partial charge on any atom is -0.497 e. The molecule has 0 fully saturated rings. The van der Waals surface area contributed by atoms with Gasteiger partial charge in [-0.3, -0.25) is 0 Å². The number of ether oxygens (including phenoxy) is 1. The molecular weight excluding hydrogens is 368 g/mol. The van der Waals surface area contributed by atoms with E-state index < -0.39 is 0 Å². The third-order valence-corrected chi connectivity index (χ3v) is 4.46. The molecule has 0 spiro atoms. The second-order valence-corrected chi connectivity index (χ2v) is 6.20. The SMILES string of the molecule is COc1ccc(-c2nnc3sc(-c4ccc(Br)o4)nn23)cc1. The van der Waals surface area contributed by atoms with Crippen LogP contribution in [0.1, 0.15) is 0 Å². The summed E-state index contributed by atoms with van der Waals surface area (Å²) >= 11 is 4.72. The highest BCUT2D eigenvalue weighted by atomic mass is 79.9. The molecule has 0 N–H and O–H groups in total. The number of nitrogens with zero attached hydrogens (tertiary/aromatic N) is 4. The van der Waals surface area contributed by atoms with E-state index in [0.29, 0.717) is 21.2 Å². The van der Waals surface area contributed by atoms with Crippen LogP contribution in [0.2, 0.25) is 0 Å². The standard InChI is InChI=1S/C14H9BrN4O2S/c1-20-9-4-2-8(3-5-9)12-16-17-14-19(12)18-13(22-14)10-6-7-11(15)21-10/h2-7H,1H3. The smallest absolute Gasteiger partial charge is 0.235 e. The maximum atomic E-state index is 5.53. The van der Waals surface area contributed by atoms with Crippen molar-refractivity contribution in [3.8, 4) is 27.9 Å². The lowest BCUT2D eigenvalue weighted by Crippen LogP contribution is -1.91. The van der Waals surface area contributed by atoms with Gasteiger partial charge in [0.25, 0.3) is 0 Å². The Hall–Kier alpha value is -2.19. The van der Waals surface area contributed by atoms with Gasteiger partial charge in [0.1, 0.15) is 5.75 Å². The monoisotopic (exact) mass is 376 g/mol. The predicted octanol–water partition coefficient (Wildman–Crippen LogP) is 3.88. The molecule has 0 unspecified atom stereocenters. The molecular formula is C14H9BrN4O2S. The number of hydrogen-bond acceptors (Lipinski definition) is 6. The molecule has 0 aliphatic heterocycles. The molecule has 4 aromatic rings. The summed E-state index contributed by atoms with van der Waals surface area (Å²) in [7, 11) is 1.64. The lowest BCUT2D eigenvalue weighted by molar-refractivity contribution is 0.415. The van der Waals surface area contributed by atoms with Crippen LogP contribution in [0.5, 0.6) is 5.75 Å². The highest BCUT2D eigenvalue weighted by Crippen LogP contribution is 2.30. The molecule has 0 amide bonds. The summed E-state index contributed by atoms with van der Waals surface area (Å²) in [6, 6.07) is 11.3. The van der Waals surface area contributed by atoms with E-state index in [-0.39, 0.29) is 0 Å². The summed E-state index contributed by atoms with van der Waals surface area (Å²) in [5, 5.41) is 13.7. The van der Waals surface area contributed by atoms with Crippen LogP contribution in [0.15, 0.2) is 45.5 Å². The van der Waals surface area contributed by atoms with Crippen LogP contribution in [0.3, 0.4) is 0 Å². The minimum absolute atomic E-state index is 0.670. The Labute approximate surface area is 137 Å². The van der Waals surface area contributed by atoms with Crippen molar-refractivity contribution in [2.24, 2.45) is 0 Å². The quantitative estimate of drug-likeness (QED) is 0.542. The lowest BCUT2D eigenvalue weighted by atomic mass is 10.2. The number of hydrogen-bond donors (Lipinski definition) is 0. The van der Waals surface area contributed by atoms with Crippen LogP contribution in [0.25, 0.3) is 27.1 Å². The van der Waals surface area contributed by atoms with E-state index in [1.165, 1.54) is 11.3 Å². The number of furan rings is 1. The molecule has 0 atom stereocenters. The van der Waals surface area contributed by atoms with Crippen LogP contribution in [0.4, 0.5) is 0 Å². The Bertz CT molecular complexity index is 941. The van der Waals surface area contributed by atoms with Crippen LogP contribution < -0.4 is 4.74 Å². The van der Waals surface area contributed by atoms with Crippen LogP contribution >= 0.6 is 27.3 Å². The summed E-state index contributed by atoms with van der Waals surface area (Å²) in [5.41, 5.74) is 0.922. The molecule has 0 aliphatic rings. The molecule has 0 saturated carbocycles. The number of rotatable bonds is 3. The number of benzene rings is 1. The molecule has 4 rings (SSSR count). The predicted molar refractivity (Wildman–Crippen MR) is 86.0 cm³/mol. The Balaban J connectivity index is 1.79. The van der Waals surface area contributed by atoms with Gasteiger partial charge in [0.05, 0.1) is 7.11 Å². The topological polar surface area (TPSA) is 65.5 Å². The molecule has 110 valence electrons. The number of halogens is 1. The summed E-state index contributed by atoms with van der Waals surface area (Å²) in [6.45, 7) is 0. The van der Waals surface area contributed by atoms with Crippen molar-refractivity contribution in [3.05, 3.63) is 41.1 Å². The molecule has 0 bridgehead atoms. The van der Waals surface area contributed by atoms with Crippen LogP contribution in [0, 0.1) is 0 Å². The molecule has 3 aromatic heterocycles. The van der Waals surface area contributed by atoms with E-state index in [2.05, 4.69) is 31.2 Å². The summed E-state index contributed by atoms with van der Waals surface area (Å²) < 4.78 is 13.1. The second-order valence-electron chi connectivity index (χ2n) is 4.46. The minimum atomic E-state index is 0.670. The zero-order chi connectivity index (χ0) is 15.1. The summed E-state index contributed by atoms with van der Waals surface area (Å²) in [4.78, 5) is 0.716. The van der Waals surface area contributed by atoms with E-state index >= 15 is 0 Å². The first-order valence-corrected chi connectivity index (χ1v) is 7.98. The van der Waals surface area contributed by atoms with Gasteiger partial charge in [-0.15, -0.1) is 15.3 Å². The highest BCUT2D eigenvalue weighted by Gasteiger charge is 2.16. The summed E-state index contributed by atoms with van der Waals surface area (Å²) in [5.74, 6) is 2.18. The van der Waals surface area contributed by atoms with Crippen molar-refractivity contribution >= 4 is 32.2 Å². The second kappa shape index (κ2) is 5.22. The van der Waals surface area contributed by atoms with Crippen molar-refractivity contribution in [1.29, 1.82) is 0 Å². The van der Waals surface area contributed by atoms with Crippen molar-refractivity contribution < 1.29 is 9.15 Å². The molecule has 22 heavy (non-hydrogen) atoms. The van der Waals surface area contributed by atoms with Gasteiger partial charge < -0.3 is 9.15 Å². The van der Waals surface area contributed by atoms with Gasteiger partial charge in [-0.05, 0) is 52.3 Å². The number of aromatic nitrogens is 4. The van der Waals surface area contributed by atoms with Gasteiger partial charge in [-0.25, -0.2) is 0 Å². The molecule has 0 aliphatic carbocycles.